The van der Waals surface area contributed by atoms with Crippen LogP contribution in [0.15, 0.2) is 186 Å². The monoisotopic (exact) mass is 622 g/mol. The highest BCUT2D eigenvalue weighted by molar-refractivity contribution is 6.22. The van der Waals surface area contributed by atoms with E-state index in [1.165, 1.54) is 76.8 Å². The van der Waals surface area contributed by atoms with Gasteiger partial charge in [0.2, 0.25) is 0 Å². The van der Waals surface area contributed by atoms with Gasteiger partial charge in [0.15, 0.2) is 0 Å². The predicted molar refractivity (Wildman–Crippen MR) is 208 cm³/mol. The quantitative estimate of drug-likeness (QED) is 0.178. The lowest BCUT2D eigenvalue weighted by molar-refractivity contribution is 0.669. The SMILES string of the molecule is c1ccc(-c2cccc(-c3c4ccccc4c(-c4ccc(-c5cccc6oc7cc8ccccc8cc7c56)cc4)c4ccccc34)c2)cc1. The summed E-state index contributed by atoms with van der Waals surface area (Å²) >= 11 is 0. The summed E-state index contributed by atoms with van der Waals surface area (Å²) < 4.78 is 6.39. The zero-order valence-electron chi connectivity index (χ0n) is 26.7. The molecule has 1 heteroatoms. The minimum Gasteiger partial charge on any atom is -0.456 e. The zero-order chi connectivity index (χ0) is 32.3. The van der Waals surface area contributed by atoms with Crippen LogP contribution in [0.3, 0.4) is 0 Å². The third kappa shape index (κ3) is 4.47. The number of fused-ring (bicyclic) bond motifs is 6. The first kappa shape index (κ1) is 27.7. The van der Waals surface area contributed by atoms with Crippen molar-refractivity contribution in [2.75, 3.05) is 0 Å². The summed E-state index contributed by atoms with van der Waals surface area (Å²) in [7, 11) is 0. The fourth-order valence-electron chi connectivity index (χ4n) is 7.80. The van der Waals surface area contributed by atoms with Crippen LogP contribution in [-0.2, 0) is 0 Å². The first-order chi connectivity index (χ1) is 24.3. The molecule has 10 aromatic rings. The summed E-state index contributed by atoms with van der Waals surface area (Å²) in [6.07, 6.45) is 0. The Morgan fingerprint density at radius 1 is 0.286 bits per heavy atom. The topological polar surface area (TPSA) is 13.1 Å². The molecule has 0 saturated heterocycles. The maximum Gasteiger partial charge on any atom is 0.136 e. The number of hydrogen-bond acceptors (Lipinski definition) is 1. The molecule has 1 nitrogen and oxygen atoms in total. The lowest BCUT2D eigenvalue weighted by Gasteiger charge is -2.18. The number of rotatable bonds is 4. The van der Waals surface area contributed by atoms with Gasteiger partial charge in [0.25, 0.3) is 0 Å². The van der Waals surface area contributed by atoms with Gasteiger partial charge >= 0.3 is 0 Å². The van der Waals surface area contributed by atoms with E-state index in [4.69, 9.17) is 4.42 Å². The second kappa shape index (κ2) is 11.1. The van der Waals surface area contributed by atoms with E-state index < -0.39 is 0 Å². The van der Waals surface area contributed by atoms with Gasteiger partial charge in [-0.1, -0.05) is 158 Å². The van der Waals surface area contributed by atoms with Crippen LogP contribution in [0.1, 0.15) is 0 Å². The summed E-state index contributed by atoms with van der Waals surface area (Å²) in [5.41, 5.74) is 11.6. The second-order valence-electron chi connectivity index (χ2n) is 12.8. The largest absolute Gasteiger partial charge is 0.456 e. The van der Waals surface area contributed by atoms with Crippen LogP contribution in [0.2, 0.25) is 0 Å². The first-order valence-corrected chi connectivity index (χ1v) is 16.8. The molecule has 10 rings (SSSR count). The summed E-state index contributed by atoms with van der Waals surface area (Å²) in [6.45, 7) is 0. The van der Waals surface area contributed by atoms with E-state index >= 15 is 0 Å². The molecule has 9 aromatic carbocycles. The van der Waals surface area contributed by atoms with E-state index in [1.807, 2.05) is 0 Å². The van der Waals surface area contributed by atoms with E-state index in [0.717, 1.165) is 21.9 Å². The van der Waals surface area contributed by atoms with Gasteiger partial charge in [-0.05, 0) is 101 Å². The van der Waals surface area contributed by atoms with Crippen molar-refractivity contribution >= 4 is 54.3 Å². The Morgan fingerprint density at radius 2 is 0.816 bits per heavy atom. The van der Waals surface area contributed by atoms with Crippen LogP contribution >= 0.6 is 0 Å². The van der Waals surface area contributed by atoms with E-state index in [-0.39, 0.29) is 0 Å². The van der Waals surface area contributed by atoms with Crippen molar-refractivity contribution in [1.29, 1.82) is 0 Å². The maximum atomic E-state index is 6.39. The van der Waals surface area contributed by atoms with Crippen molar-refractivity contribution in [1.82, 2.24) is 0 Å². The molecule has 0 spiro atoms. The average Bonchev–Trinajstić information content (AvgIpc) is 3.54. The Kier molecular flexibility index (Phi) is 6.25. The van der Waals surface area contributed by atoms with Gasteiger partial charge in [-0.15, -0.1) is 0 Å². The average molecular weight is 623 g/mol. The maximum absolute atomic E-state index is 6.39. The standard InChI is InChI=1S/C48H30O/c1-2-12-31(13-3-1)34-16-10-17-37(28-34)47-41-20-8-6-18-39(41)46(40-19-7-9-21-42(40)47)33-26-24-32(25-27-33)38-22-11-23-44-48(38)43-29-35-14-4-5-15-36(35)30-45(43)49-44/h1-30H. The van der Waals surface area contributed by atoms with Crippen LogP contribution in [0, 0.1) is 0 Å². The zero-order valence-corrected chi connectivity index (χ0v) is 26.7. The molecule has 49 heavy (non-hydrogen) atoms. The number of benzene rings is 9. The molecule has 0 fully saturated rings. The summed E-state index contributed by atoms with van der Waals surface area (Å²) in [5.74, 6) is 0. The molecule has 0 atom stereocenters. The fraction of sp³-hybridized carbons (Fsp3) is 0. The molecule has 0 N–H and O–H groups in total. The lowest BCUT2D eigenvalue weighted by Crippen LogP contribution is -1.91. The van der Waals surface area contributed by atoms with Crippen LogP contribution < -0.4 is 0 Å². The molecule has 0 saturated carbocycles. The predicted octanol–water partition coefficient (Wildman–Crippen LogP) is 13.7. The van der Waals surface area contributed by atoms with E-state index in [9.17, 15) is 0 Å². The van der Waals surface area contributed by atoms with Crippen molar-refractivity contribution in [3.63, 3.8) is 0 Å². The third-order valence-electron chi connectivity index (χ3n) is 10.0. The molecule has 228 valence electrons. The van der Waals surface area contributed by atoms with E-state index in [0.29, 0.717) is 0 Å². The molecular formula is C48H30O. The summed E-state index contributed by atoms with van der Waals surface area (Å²) in [5, 5.41) is 9.74. The molecule has 0 amide bonds. The molecule has 0 aliphatic rings. The fourth-order valence-corrected chi connectivity index (χ4v) is 7.80. The Bertz CT molecular complexity index is 2800. The Hall–Kier alpha value is -6.44. The Labute approximate surface area is 284 Å². The van der Waals surface area contributed by atoms with Gasteiger partial charge in [-0.2, -0.15) is 0 Å². The van der Waals surface area contributed by atoms with Crippen LogP contribution in [0.5, 0.6) is 0 Å². The highest BCUT2D eigenvalue weighted by Gasteiger charge is 2.18. The molecule has 0 aliphatic carbocycles. The van der Waals surface area contributed by atoms with Crippen molar-refractivity contribution in [2.24, 2.45) is 0 Å². The van der Waals surface area contributed by atoms with Gasteiger partial charge in [0, 0.05) is 10.8 Å². The molecule has 0 unspecified atom stereocenters. The normalized spacial score (nSPS) is 11.7. The van der Waals surface area contributed by atoms with E-state index in [2.05, 4.69) is 182 Å². The Balaban J connectivity index is 1.15. The second-order valence-corrected chi connectivity index (χ2v) is 12.8. The van der Waals surface area contributed by atoms with Crippen molar-refractivity contribution in [3.8, 4) is 44.5 Å². The van der Waals surface area contributed by atoms with Crippen molar-refractivity contribution < 1.29 is 4.42 Å². The molecular weight excluding hydrogens is 593 g/mol. The highest BCUT2D eigenvalue weighted by atomic mass is 16.3. The van der Waals surface area contributed by atoms with Gasteiger partial charge in [-0.25, -0.2) is 0 Å². The highest BCUT2D eigenvalue weighted by Crippen LogP contribution is 2.45. The summed E-state index contributed by atoms with van der Waals surface area (Å²) in [6, 6.07) is 65.8. The lowest BCUT2D eigenvalue weighted by atomic mass is 9.85. The Morgan fingerprint density at radius 3 is 1.51 bits per heavy atom. The number of furan rings is 1. The molecule has 0 aliphatic heterocycles. The first-order valence-electron chi connectivity index (χ1n) is 16.8. The smallest absolute Gasteiger partial charge is 0.136 e. The van der Waals surface area contributed by atoms with Crippen molar-refractivity contribution in [3.05, 3.63) is 182 Å². The van der Waals surface area contributed by atoms with Gasteiger partial charge < -0.3 is 4.42 Å². The van der Waals surface area contributed by atoms with Crippen LogP contribution in [0.25, 0.3) is 98.8 Å². The van der Waals surface area contributed by atoms with Crippen LogP contribution in [-0.4, -0.2) is 0 Å². The third-order valence-corrected chi connectivity index (χ3v) is 10.0. The minimum absolute atomic E-state index is 0.913. The van der Waals surface area contributed by atoms with Gasteiger partial charge in [0.1, 0.15) is 11.2 Å². The van der Waals surface area contributed by atoms with Crippen LogP contribution in [0.4, 0.5) is 0 Å². The minimum atomic E-state index is 0.913. The summed E-state index contributed by atoms with van der Waals surface area (Å²) in [4.78, 5) is 0. The molecule has 0 bridgehead atoms. The van der Waals surface area contributed by atoms with Crippen molar-refractivity contribution in [2.45, 2.75) is 0 Å². The molecule has 0 radical (unpaired) electrons. The molecule has 1 heterocycles. The van der Waals surface area contributed by atoms with E-state index in [1.54, 1.807) is 0 Å². The molecule has 1 aromatic heterocycles. The van der Waals surface area contributed by atoms with Gasteiger partial charge in [-0.3, -0.25) is 0 Å². The number of hydrogen-bond donors (Lipinski definition) is 0. The van der Waals surface area contributed by atoms with Gasteiger partial charge in [0.05, 0.1) is 0 Å².